The molecule has 7 nitrogen and oxygen atoms in total. The molecule has 0 aliphatic heterocycles. The zero-order valence-electron chi connectivity index (χ0n) is 13.6. The second kappa shape index (κ2) is 7.65. The summed E-state index contributed by atoms with van der Waals surface area (Å²) in [5.74, 6) is -0.0198. The summed E-state index contributed by atoms with van der Waals surface area (Å²) in [6.45, 7) is 0.394. The summed E-state index contributed by atoms with van der Waals surface area (Å²) in [5.41, 5.74) is 0.707. The highest BCUT2D eigenvalue weighted by atomic mass is 35.5. The summed E-state index contributed by atoms with van der Waals surface area (Å²) in [6, 6.07) is 7.32. The van der Waals surface area contributed by atoms with Gasteiger partial charge in [0, 0.05) is 18.9 Å². The van der Waals surface area contributed by atoms with Gasteiger partial charge < -0.3 is 10.4 Å². The molecule has 0 atom stereocenters. The average molecular weight is 363 g/mol. The number of benzene rings is 1. The fourth-order valence-electron chi connectivity index (χ4n) is 2.51. The maximum Gasteiger partial charge on any atom is 0.303 e. The summed E-state index contributed by atoms with van der Waals surface area (Å²) in [7, 11) is 0. The molecule has 1 aromatic heterocycles. The Hall–Kier alpha value is -2.41. The maximum atomic E-state index is 12.3. The van der Waals surface area contributed by atoms with Crippen molar-refractivity contribution in [3.05, 3.63) is 40.9 Å². The van der Waals surface area contributed by atoms with Gasteiger partial charge in [0.25, 0.3) is 5.91 Å². The second-order valence-electron chi connectivity index (χ2n) is 6.04. The lowest BCUT2D eigenvalue weighted by molar-refractivity contribution is -0.137. The Labute approximate surface area is 150 Å². The summed E-state index contributed by atoms with van der Waals surface area (Å²) in [6.07, 6.45) is 3.27. The first kappa shape index (κ1) is 17.4. The Kier molecular flexibility index (Phi) is 5.33. The highest BCUT2D eigenvalue weighted by Crippen LogP contribution is 2.40. The molecular formula is C17H19ClN4O3. The van der Waals surface area contributed by atoms with Crippen molar-refractivity contribution in [1.82, 2.24) is 20.1 Å². The van der Waals surface area contributed by atoms with Crippen LogP contribution in [0.5, 0.6) is 0 Å². The van der Waals surface area contributed by atoms with Crippen LogP contribution in [0.4, 0.5) is 0 Å². The number of carbonyl (C=O) groups excluding carboxylic acids is 1. The number of nitrogens with one attached hydrogen (secondary N) is 1. The first-order valence-corrected chi connectivity index (χ1v) is 8.66. The van der Waals surface area contributed by atoms with E-state index in [1.807, 2.05) is 18.2 Å². The Bertz CT molecular complexity index is 786. The van der Waals surface area contributed by atoms with E-state index in [0.717, 1.165) is 18.7 Å². The molecule has 132 valence electrons. The number of carbonyl (C=O) groups is 2. The number of rotatable bonds is 8. The first-order chi connectivity index (χ1) is 12.1. The number of amides is 1. The Morgan fingerprint density at radius 2 is 2.04 bits per heavy atom. The Morgan fingerprint density at radius 3 is 2.72 bits per heavy atom. The lowest BCUT2D eigenvalue weighted by Crippen LogP contribution is -2.25. The molecule has 0 radical (unpaired) electrons. The van der Waals surface area contributed by atoms with Crippen molar-refractivity contribution in [2.45, 2.75) is 38.0 Å². The molecule has 1 aromatic carbocycles. The molecule has 0 bridgehead atoms. The van der Waals surface area contributed by atoms with Crippen LogP contribution in [0.1, 0.15) is 54.5 Å². The number of aliphatic carboxylic acids is 1. The molecular weight excluding hydrogens is 344 g/mol. The molecule has 1 amide bonds. The van der Waals surface area contributed by atoms with Crippen LogP contribution in [-0.4, -0.2) is 38.3 Å². The van der Waals surface area contributed by atoms with E-state index in [4.69, 9.17) is 16.7 Å². The number of halogens is 1. The van der Waals surface area contributed by atoms with Gasteiger partial charge in [0.05, 0.1) is 10.7 Å². The quantitative estimate of drug-likeness (QED) is 0.704. The van der Waals surface area contributed by atoms with Crippen LogP contribution in [0.25, 0.3) is 5.69 Å². The zero-order valence-corrected chi connectivity index (χ0v) is 14.4. The molecule has 1 aliphatic carbocycles. The van der Waals surface area contributed by atoms with Gasteiger partial charge in [0.2, 0.25) is 5.82 Å². The van der Waals surface area contributed by atoms with Crippen molar-refractivity contribution in [1.29, 1.82) is 0 Å². The van der Waals surface area contributed by atoms with Gasteiger partial charge in [-0.1, -0.05) is 23.7 Å². The average Bonchev–Trinajstić information content (AvgIpc) is 3.33. The Morgan fingerprint density at radius 1 is 1.28 bits per heavy atom. The van der Waals surface area contributed by atoms with Gasteiger partial charge in [-0.15, -0.1) is 5.10 Å². The van der Waals surface area contributed by atoms with Crippen LogP contribution in [0, 0.1) is 0 Å². The van der Waals surface area contributed by atoms with E-state index >= 15 is 0 Å². The SMILES string of the molecule is O=C(O)CCCCNC(=O)c1nc(C2CC2)n(-c2ccccc2Cl)n1. The van der Waals surface area contributed by atoms with Gasteiger partial charge in [-0.25, -0.2) is 9.67 Å². The monoisotopic (exact) mass is 362 g/mol. The van der Waals surface area contributed by atoms with Crippen LogP contribution in [-0.2, 0) is 4.79 Å². The van der Waals surface area contributed by atoms with Crippen molar-refractivity contribution in [3.63, 3.8) is 0 Å². The van der Waals surface area contributed by atoms with Crippen LogP contribution in [0.3, 0.4) is 0 Å². The fraction of sp³-hybridized carbons (Fsp3) is 0.412. The zero-order chi connectivity index (χ0) is 17.8. The molecule has 3 rings (SSSR count). The largest absolute Gasteiger partial charge is 0.481 e. The molecule has 25 heavy (non-hydrogen) atoms. The van der Waals surface area contributed by atoms with Crippen molar-refractivity contribution in [3.8, 4) is 5.69 Å². The Balaban J connectivity index is 1.70. The minimum absolute atomic E-state index is 0.0983. The van der Waals surface area contributed by atoms with E-state index in [0.29, 0.717) is 36.0 Å². The van der Waals surface area contributed by atoms with E-state index in [1.165, 1.54) is 0 Å². The first-order valence-electron chi connectivity index (χ1n) is 8.28. The smallest absolute Gasteiger partial charge is 0.303 e. The highest BCUT2D eigenvalue weighted by Gasteiger charge is 2.31. The van der Waals surface area contributed by atoms with Crippen LogP contribution in [0.15, 0.2) is 24.3 Å². The predicted octanol–water partition coefficient (Wildman–Crippen LogP) is 2.78. The topological polar surface area (TPSA) is 97.1 Å². The lowest BCUT2D eigenvalue weighted by Gasteiger charge is -2.06. The predicted molar refractivity (Wildman–Crippen MR) is 92.2 cm³/mol. The molecule has 2 N–H and O–H groups in total. The second-order valence-corrected chi connectivity index (χ2v) is 6.45. The van der Waals surface area contributed by atoms with Gasteiger partial charge in [-0.3, -0.25) is 9.59 Å². The van der Waals surface area contributed by atoms with Crippen molar-refractivity contribution < 1.29 is 14.7 Å². The van der Waals surface area contributed by atoms with Crippen molar-refractivity contribution in [2.75, 3.05) is 6.54 Å². The highest BCUT2D eigenvalue weighted by molar-refractivity contribution is 6.32. The normalized spacial score (nSPS) is 13.6. The summed E-state index contributed by atoms with van der Waals surface area (Å²) in [5, 5.41) is 16.2. The van der Waals surface area contributed by atoms with Gasteiger partial charge in [0.1, 0.15) is 5.82 Å². The van der Waals surface area contributed by atoms with Crippen molar-refractivity contribution >= 4 is 23.5 Å². The molecule has 0 spiro atoms. The number of hydrogen-bond donors (Lipinski definition) is 2. The van der Waals surface area contributed by atoms with Crippen LogP contribution in [0.2, 0.25) is 5.02 Å². The molecule has 2 aromatic rings. The molecule has 0 saturated heterocycles. The molecule has 1 aliphatic rings. The molecule has 1 saturated carbocycles. The van der Waals surface area contributed by atoms with E-state index in [9.17, 15) is 9.59 Å². The number of unbranched alkanes of at least 4 members (excludes halogenated alkanes) is 1. The number of aromatic nitrogens is 3. The molecule has 1 fully saturated rings. The van der Waals surface area contributed by atoms with E-state index < -0.39 is 5.97 Å². The third kappa shape index (κ3) is 4.36. The standard InChI is InChI=1S/C17H19ClN4O3/c18-12-5-1-2-6-13(12)22-16(11-8-9-11)20-15(21-22)17(25)19-10-4-3-7-14(23)24/h1-2,5-6,11H,3-4,7-10H2,(H,19,25)(H,23,24). The van der Waals surface area contributed by atoms with E-state index in [2.05, 4.69) is 15.4 Å². The van der Waals surface area contributed by atoms with Crippen molar-refractivity contribution in [2.24, 2.45) is 0 Å². The number of carboxylic acid groups (broad SMARTS) is 1. The van der Waals surface area contributed by atoms with Gasteiger partial charge in [0.15, 0.2) is 0 Å². The van der Waals surface area contributed by atoms with Crippen LogP contribution < -0.4 is 5.32 Å². The van der Waals surface area contributed by atoms with E-state index in [1.54, 1.807) is 10.7 Å². The number of carboxylic acids is 1. The van der Waals surface area contributed by atoms with Gasteiger partial charge in [-0.05, 0) is 37.8 Å². The van der Waals surface area contributed by atoms with E-state index in [-0.39, 0.29) is 18.2 Å². The fourth-order valence-corrected chi connectivity index (χ4v) is 2.72. The van der Waals surface area contributed by atoms with Gasteiger partial charge in [-0.2, -0.15) is 0 Å². The number of hydrogen-bond acceptors (Lipinski definition) is 4. The maximum absolute atomic E-state index is 12.3. The molecule has 1 heterocycles. The summed E-state index contributed by atoms with van der Waals surface area (Å²) < 4.78 is 1.65. The van der Waals surface area contributed by atoms with Crippen LogP contribution >= 0.6 is 11.6 Å². The number of nitrogens with zero attached hydrogens (tertiary/aromatic N) is 3. The molecule has 8 heteroatoms. The minimum Gasteiger partial charge on any atom is -0.481 e. The number of para-hydroxylation sites is 1. The molecule has 0 unspecified atom stereocenters. The third-order valence-corrected chi connectivity index (χ3v) is 4.28. The minimum atomic E-state index is -0.833. The summed E-state index contributed by atoms with van der Waals surface area (Å²) >= 11 is 6.25. The third-order valence-electron chi connectivity index (χ3n) is 3.96. The van der Waals surface area contributed by atoms with Gasteiger partial charge >= 0.3 is 5.97 Å². The lowest BCUT2D eigenvalue weighted by atomic mass is 10.2. The summed E-state index contributed by atoms with van der Waals surface area (Å²) in [4.78, 5) is 27.1.